The molecule has 0 aliphatic rings. The zero-order valence-electron chi connectivity index (χ0n) is 11.4. The van der Waals surface area contributed by atoms with E-state index >= 15 is 0 Å². The Bertz CT molecular complexity index is 554. The van der Waals surface area contributed by atoms with Crippen LogP contribution in [0.1, 0.15) is 35.7 Å². The lowest BCUT2D eigenvalue weighted by atomic mass is 10.1. The second-order valence-electron chi connectivity index (χ2n) is 4.49. The highest BCUT2D eigenvalue weighted by molar-refractivity contribution is 7.09. The molecule has 1 aromatic heterocycles. The number of carbonyl (C=O) groups excluding carboxylic acids is 1. The molecule has 20 heavy (non-hydrogen) atoms. The predicted octanol–water partition coefficient (Wildman–Crippen LogP) is 2.45. The van der Waals surface area contributed by atoms with Gasteiger partial charge in [0.1, 0.15) is 0 Å². The van der Waals surface area contributed by atoms with Crippen LogP contribution < -0.4 is 5.32 Å². The lowest BCUT2D eigenvalue weighted by Crippen LogP contribution is -2.24. The van der Waals surface area contributed by atoms with Crippen molar-refractivity contribution in [1.29, 1.82) is 0 Å². The standard InChI is InChI=1S/C15H18N2O2S/c1-2-15-17-12(10-20-15)9-16-14(19)8-13(18)11-6-4-3-5-7-11/h3-7,10,13,18H,2,8-9H2,1H3,(H,16,19). The predicted molar refractivity (Wildman–Crippen MR) is 79.4 cm³/mol. The van der Waals surface area contributed by atoms with E-state index < -0.39 is 6.10 Å². The van der Waals surface area contributed by atoms with Crippen LogP contribution in [0.5, 0.6) is 0 Å². The van der Waals surface area contributed by atoms with Crippen molar-refractivity contribution in [2.45, 2.75) is 32.4 Å². The summed E-state index contributed by atoms with van der Waals surface area (Å²) >= 11 is 1.60. The first-order chi connectivity index (χ1) is 9.69. The van der Waals surface area contributed by atoms with Gasteiger partial charge in [-0.15, -0.1) is 11.3 Å². The number of hydrogen-bond acceptors (Lipinski definition) is 4. The summed E-state index contributed by atoms with van der Waals surface area (Å²) in [5.74, 6) is -0.174. The summed E-state index contributed by atoms with van der Waals surface area (Å²) in [5.41, 5.74) is 1.62. The molecule has 1 aromatic carbocycles. The number of aromatic nitrogens is 1. The molecule has 1 heterocycles. The molecule has 1 amide bonds. The fraction of sp³-hybridized carbons (Fsp3) is 0.333. The smallest absolute Gasteiger partial charge is 0.223 e. The van der Waals surface area contributed by atoms with Crippen LogP contribution in [0.25, 0.3) is 0 Å². The van der Waals surface area contributed by atoms with E-state index in [1.807, 2.05) is 35.7 Å². The number of nitrogens with zero attached hydrogens (tertiary/aromatic N) is 1. The van der Waals surface area contributed by atoms with E-state index in [0.29, 0.717) is 6.54 Å². The molecule has 0 spiro atoms. The second-order valence-corrected chi connectivity index (χ2v) is 5.44. The number of aliphatic hydroxyl groups excluding tert-OH is 1. The maximum absolute atomic E-state index is 11.8. The molecule has 0 saturated heterocycles. The molecule has 0 aliphatic carbocycles. The molecule has 0 aliphatic heterocycles. The molecule has 4 nitrogen and oxygen atoms in total. The van der Waals surface area contributed by atoms with Gasteiger partial charge in [-0.25, -0.2) is 4.98 Å². The first-order valence-corrected chi connectivity index (χ1v) is 7.50. The number of aliphatic hydroxyl groups is 1. The van der Waals surface area contributed by atoms with Crippen molar-refractivity contribution in [3.63, 3.8) is 0 Å². The van der Waals surface area contributed by atoms with Gasteiger partial charge in [0.15, 0.2) is 0 Å². The van der Waals surface area contributed by atoms with E-state index in [0.717, 1.165) is 22.7 Å². The minimum Gasteiger partial charge on any atom is -0.388 e. The van der Waals surface area contributed by atoms with Crippen molar-refractivity contribution in [3.8, 4) is 0 Å². The Labute approximate surface area is 122 Å². The zero-order chi connectivity index (χ0) is 14.4. The highest BCUT2D eigenvalue weighted by Crippen LogP contribution is 2.16. The van der Waals surface area contributed by atoms with Gasteiger partial charge in [-0.05, 0) is 12.0 Å². The maximum atomic E-state index is 11.8. The summed E-state index contributed by atoms with van der Waals surface area (Å²) in [7, 11) is 0. The van der Waals surface area contributed by atoms with E-state index in [1.54, 1.807) is 11.3 Å². The maximum Gasteiger partial charge on any atom is 0.223 e. The molecule has 1 unspecified atom stereocenters. The van der Waals surface area contributed by atoms with E-state index in [4.69, 9.17) is 0 Å². The topological polar surface area (TPSA) is 62.2 Å². The quantitative estimate of drug-likeness (QED) is 0.859. The van der Waals surface area contributed by atoms with E-state index in [9.17, 15) is 9.90 Å². The Morgan fingerprint density at radius 1 is 1.40 bits per heavy atom. The fourth-order valence-electron chi connectivity index (χ4n) is 1.82. The van der Waals surface area contributed by atoms with Gasteiger partial charge in [-0.2, -0.15) is 0 Å². The van der Waals surface area contributed by atoms with Gasteiger partial charge in [-0.1, -0.05) is 37.3 Å². The third-order valence-corrected chi connectivity index (χ3v) is 3.97. The van der Waals surface area contributed by atoms with Gasteiger partial charge in [-0.3, -0.25) is 4.79 Å². The molecular weight excluding hydrogens is 272 g/mol. The summed E-state index contributed by atoms with van der Waals surface area (Å²) in [6.45, 7) is 2.47. The van der Waals surface area contributed by atoms with Crippen LogP contribution in [-0.2, 0) is 17.8 Å². The largest absolute Gasteiger partial charge is 0.388 e. The molecule has 0 saturated carbocycles. The second kappa shape index (κ2) is 7.17. The van der Waals surface area contributed by atoms with Crippen molar-refractivity contribution in [2.75, 3.05) is 0 Å². The number of amides is 1. The molecule has 2 N–H and O–H groups in total. The Kier molecular flexibility index (Phi) is 5.26. The van der Waals surface area contributed by atoms with E-state index in [-0.39, 0.29) is 12.3 Å². The van der Waals surface area contributed by atoms with Crippen LogP contribution in [0.2, 0.25) is 0 Å². The number of hydrogen-bond donors (Lipinski definition) is 2. The summed E-state index contributed by atoms with van der Waals surface area (Å²) in [5, 5.41) is 15.8. The van der Waals surface area contributed by atoms with Crippen LogP contribution in [0.15, 0.2) is 35.7 Å². The number of aryl methyl sites for hydroxylation is 1. The summed E-state index contributed by atoms with van der Waals surface area (Å²) < 4.78 is 0. The molecule has 2 rings (SSSR count). The van der Waals surface area contributed by atoms with Gasteiger partial charge in [0.05, 0.1) is 29.8 Å². The molecule has 5 heteroatoms. The highest BCUT2D eigenvalue weighted by Gasteiger charge is 2.12. The molecule has 0 radical (unpaired) electrons. The summed E-state index contributed by atoms with van der Waals surface area (Å²) in [6, 6.07) is 9.19. The normalized spacial score (nSPS) is 12.1. The molecule has 106 valence electrons. The minimum absolute atomic E-state index is 0.0643. The number of carbonyl (C=O) groups is 1. The Morgan fingerprint density at radius 3 is 2.80 bits per heavy atom. The number of benzene rings is 1. The molecule has 0 bridgehead atoms. The Hall–Kier alpha value is -1.72. The molecule has 2 aromatic rings. The van der Waals surface area contributed by atoms with Crippen LogP contribution in [0, 0.1) is 0 Å². The van der Waals surface area contributed by atoms with Crippen molar-refractivity contribution in [1.82, 2.24) is 10.3 Å². The lowest BCUT2D eigenvalue weighted by molar-refractivity contribution is -0.123. The van der Waals surface area contributed by atoms with Crippen molar-refractivity contribution in [2.24, 2.45) is 0 Å². The van der Waals surface area contributed by atoms with Crippen molar-refractivity contribution < 1.29 is 9.90 Å². The summed E-state index contributed by atoms with van der Waals surface area (Å²) in [6.07, 6.45) is 0.206. The third kappa shape index (κ3) is 4.15. The van der Waals surface area contributed by atoms with Crippen LogP contribution in [0.4, 0.5) is 0 Å². The average Bonchev–Trinajstić information content (AvgIpc) is 2.94. The Balaban J connectivity index is 1.80. The third-order valence-electron chi connectivity index (χ3n) is 2.93. The molecular formula is C15H18N2O2S. The van der Waals surface area contributed by atoms with Crippen molar-refractivity contribution in [3.05, 3.63) is 52.0 Å². The Morgan fingerprint density at radius 2 is 2.15 bits per heavy atom. The monoisotopic (exact) mass is 290 g/mol. The van der Waals surface area contributed by atoms with Gasteiger partial charge in [0.2, 0.25) is 5.91 Å². The summed E-state index contributed by atoms with van der Waals surface area (Å²) in [4.78, 5) is 16.2. The van der Waals surface area contributed by atoms with E-state index in [2.05, 4.69) is 17.2 Å². The fourth-order valence-corrected chi connectivity index (χ4v) is 2.57. The van der Waals surface area contributed by atoms with Crippen LogP contribution in [0.3, 0.4) is 0 Å². The van der Waals surface area contributed by atoms with Crippen LogP contribution in [-0.4, -0.2) is 16.0 Å². The van der Waals surface area contributed by atoms with Crippen molar-refractivity contribution >= 4 is 17.2 Å². The number of rotatable bonds is 6. The minimum atomic E-state index is -0.766. The zero-order valence-corrected chi connectivity index (χ0v) is 12.2. The van der Waals surface area contributed by atoms with Gasteiger partial charge in [0, 0.05) is 5.38 Å². The highest BCUT2D eigenvalue weighted by atomic mass is 32.1. The lowest BCUT2D eigenvalue weighted by Gasteiger charge is -2.10. The van der Waals surface area contributed by atoms with Gasteiger partial charge >= 0.3 is 0 Å². The average molecular weight is 290 g/mol. The first-order valence-electron chi connectivity index (χ1n) is 6.62. The van der Waals surface area contributed by atoms with Gasteiger partial charge < -0.3 is 10.4 Å². The van der Waals surface area contributed by atoms with Crippen LogP contribution >= 0.6 is 11.3 Å². The molecule has 1 atom stereocenters. The SMILES string of the molecule is CCc1nc(CNC(=O)CC(O)c2ccccc2)cs1. The molecule has 0 fully saturated rings. The van der Waals surface area contributed by atoms with Gasteiger partial charge in [0.25, 0.3) is 0 Å². The van der Waals surface area contributed by atoms with E-state index in [1.165, 1.54) is 0 Å². The number of nitrogens with one attached hydrogen (secondary N) is 1. The first kappa shape index (κ1) is 14.7. The number of thiazole rings is 1.